The number of nitrogens with two attached hydrogens (primary N) is 1. The average molecular weight is 267 g/mol. The van der Waals surface area contributed by atoms with Crippen LogP contribution in [0, 0.1) is 0 Å². The number of hydrogen-bond acceptors (Lipinski definition) is 3. The van der Waals surface area contributed by atoms with Gasteiger partial charge in [0.05, 0.1) is 5.69 Å². The first kappa shape index (κ1) is 13.3. The maximum atomic E-state index is 12.7. The summed E-state index contributed by atoms with van der Waals surface area (Å²) in [5.74, 6) is -0.383. The molecule has 0 unspecified atom stereocenters. The Labute approximate surface area is 108 Å². The van der Waals surface area contributed by atoms with Crippen LogP contribution in [0.5, 0.6) is 0 Å². The number of alkyl halides is 3. The van der Waals surface area contributed by atoms with Crippen molar-refractivity contribution in [1.82, 2.24) is 9.97 Å². The summed E-state index contributed by atoms with van der Waals surface area (Å²) in [6.07, 6.45) is -3.74. The Morgan fingerprint density at radius 1 is 1.16 bits per heavy atom. The van der Waals surface area contributed by atoms with Crippen LogP contribution in [0.4, 0.5) is 19.1 Å². The lowest BCUT2D eigenvalue weighted by Gasteiger charge is -2.09. The van der Waals surface area contributed by atoms with Crippen LogP contribution in [0.2, 0.25) is 0 Å². The van der Waals surface area contributed by atoms with E-state index in [0.29, 0.717) is 5.56 Å². The number of hydrogen-bond donors (Lipinski definition) is 1. The molecule has 0 amide bonds. The molecular weight excluding hydrogens is 255 g/mol. The predicted octanol–water partition coefficient (Wildman–Crippen LogP) is 3.31. The Morgan fingerprint density at radius 2 is 1.89 bits per heavy atom. The van der Waals surface area contributed by atoms with Gasteiger partial charge in [-0.2, -0.15) is 13.2 Å². The molecule has 2 N–H and O–H groups in total. The molecule has 2 rings (SSSR count). The molecule has 1 heterocycles. The SMILES string of the molecule is CCc1cccc(-c2cc(C(F)(F)F)nc(N)n2)c1. The molecule has 0 aliphatic rings. The van der Waals surface area contributed by atoms with Gasteiger partial charge in [0.25, 0.3) is 0 Å². The number of aryl methyl sites for hydroxylation is 1. The van der Waals surface area contributed by atoms with Crippen molar-refractivity contribution in [1.29, 1.82) is 0 Å². The summed E-state index contributed by atoms with van der Waals surface area (Å²) in [5, 5.41) is 0. The molecule has 0 radical (unpaired) electrons. The highest BCUT2D eigenvalue weighted by atomic mass is 19.4. The number of halogens is 3. The van der Waals surface area contributed by atoms with Gasteiger partial charge in [0.1, 0.15) is 0 Å². The molecule has 0 aliphatic heterocycles. The highest BCUT2D eigenvalue weighted by Gasteiger charge is 2.33. The van der Waals surface area contributed by atoms with Crippen molar-refractivity contribution in [2.45, 2.75) is 19.5 Å². The second-order valence-corrected chi connectivity index (χ2v) is 4.05. The minimum Gasteiger partial charge on any atom is -0.368 e. The first-order valence-electron chi connectivity index (χ1n) is 5.71. The van der Waals surface area contributed by atoms with Crippen LogP contribution in [0.15, 0.2) is 30.3 Å². The highest BCUT2D eigenvalue weighted by molar-refractivity contribution is 5.61. The quantitative estimate of drug-likeness (QED) is 0.908. The molecule has 2 aromatic rings. The molecule has 0 spiro atoms. The molecule has 3 nitrogen and oxygen atoms in total. The van der Waals surface area contributed by atoms with Gasteiger partial charge in [-0.15, -0.1) is 0 Å². The summed E-state index contributed by atoms with van der Waals surface area (Å²) < 4.78 is 38.0. The Balaban J connectivity index is 2.53. The molecule has 0 saturated carbocycles. The van der Waals surface area contributed by atoms with Gasteiger partial charge in [0.2, 0.25) is 5.95 Å². The van der Waals surface area contributed by atoms with Crippen LogP contribution < -0.4 is 5.73 Å². The normalized spacial score (nSPS) is 11.6. The monoisotopic (exact) mass is 267 g/mol. The smallest absolute Gasteiger partial charge is 0.368 e. The summed E-state index contributed by atoms with van der Waals surface area (Å²) in [5.41, 5.74) is 6.10. The van der Waals surface area contributed by atoms with Crippen molar-refractivity contribution in [3.63, 3.8) is 0 Å². The fourth-order valence-electron chi connectivity index (χ4n) is 1.71. The summed E-state index contributed by atoms with van der Waals surface area (Å²) in [6.45, 7) is 1.97. The van der Waals surface area contributed by atoms with Crippen LogP contribution in [-0.4, -0.2) is 9.97 Å². The van der Waals surface area contributed by atoms with Gasteiger partial charge in [-0.25, -0.2) is 9.97 Å². The third kappa shape index (κ3) is 3.01. The van der Waals surface area contributed by atoms with Gasteiger partial charge in [-0.3, -0.25) is 0 Å². The van der Waals surface area contributed by atoms with E-state index in [0.717, 1.165) is 18.1 Å². The van der Waals surface area contributed by atoms with E-state index in [1.807, 2.05) is 13.0 Å². The standard InChI is InChI=1S/C13H12F3N3/c1-2-8-4-3-5-9(6-8)10-7-11(13(14,15)16)19-12(17)18-10/h3-7H,2H2,1H3,(H2,17,18,19). The fraction of sp³-hybridized carbons (Fsp3) is 0.231. The Bertz CT molecular complexity index is 594. The maximum Gasteiger partial charge on any atom is 0.433 e. The van der Waals surface area contributed by atoms with Crippen LogP contribution in [-0.2, 0) is 12.6 Å². The highest BCUT2D eigenvalue weighted by Crippen LogP contribution is 2.30. The summed E-state index contributed by atoms with van der Waals surface area (Å²) in [4.78, 5) is 7.07. The van der Waals surface area contributed by atoms with Crippen molar-refractivity contribution in [2.24, 2.45) is 0 Å². The zero-order valence-corrected chi connectivity index (χ0v) is 10.2. The number of nitrogen functional groups attached to an aromatic ring is 1. The third-order valence-electron chi connectivity index (χ3n) is 2.66. The number of aromatic nitrogens is 2. The van der Waals surface area contributed by atoms with E-state index in [-0.39, 0.29) is 11.6 Å². The van der Waals surface area contributed by atoms with Crippen LogP contribution >= 0.6 is 0 Å². The van der Waals surface area contributed by atoms with Crippen molar-refractivity contribution >= 4 is 5.95 Å². The number of nitrogens with zero attached hydrogens (tertiary/aromatic N) is 2. The minimum atomic E-state index is -4.53. The van der Waals surface area contributed by atoms with E-state index in [1.165, 1.54) is 0 Å². The number of rotatable bonds is 2. The molecule has 0 atom stereocenters. The van der Waals surface area contributed by atoms with E-state index in [9.17, 15) is 13.2 Å². The topological polar surface area (TPSA) is 51.8 Å². The van der Waals surface area contributed by atoms with Crippen LogP contribution in [0.3, 0.4) is 0 Å². The Hall–Kier alpha value is -2.11. The summed E-state index contributed by atoms with van der Waals surface area (Å²) in [7, 11) is 0. The van der Waals surface area contributed by atoms with Crippen molar-refractivity contribution in [3.05, 3.63) is 41.6 Å². The lowest BCUT2D eigenvalue weighted by Crippen LogP contribution is -2.11. The average Bonchev–Trinajstić information content (AvgIpc) is 2.37. The molecule has 1 aromatic heterocycles. The Kier molecular flexibility index (Phi) is 3.42. The first-order valence-corrected chi connectivity index (χ1v) is 5.71. The Morgan fingerprint density at radius 3 is 2.53 bits per heavy atom. The van der Waals surface area contributed by atoms with E-state index in [4.69, 9.17) is 5.73 Å². The van der Waals surface area contributed by atoms with E-state index in [2.05, 4.69) is 9.97 Å². The van der Waals surface area contributed by atoms with E-state index in [1.54, 1.807) is 18.2 Å². The molecule has 0 fully saturated rings. The van der Waals surface area contributed by atoms with Gasteiger partial charge in [0.15, 0.2) is 5.69 Å². The molecule has 1 aromatic carbocycles. The van der Waals surface area contributed by atoms with Crippen LogP contribution in [0.1, 0.15) is 18.2 Å². The van der Waals surface area contributed by atoms with Gasteiger partial charge in [-0.05, 0) is 24.1 Å². The molecular formula is C13H12F3N3. The first-order chi connectivity index (χ1) is 8.90. The fourth-order valence-corrected chi connectivity index (χ4v) is 1.71. The van der Waals surface area contributed by atoms with Crippen molar-refractivity contribution < 1.29 is 13.2 Å². The lowest BCUT2D eigenvalue weighted by molar-refractivity contribution is -0.141. The molecule has 100 valence electrons. The summed E-state index contributed by atoms with van der Waals surface area (Å²) in [6, 6.07) is 8.08. The van der Waals surface area contributed by atoms with E-state index < -0.39 is 11.9 Å². The maximum absolute atomic E-state index is 12.7. The predicted molar refractivity (Wildman–Crippen MR) is 66.3 cm³/mol. The zero-order chi connectivity index (χ0) is 14.0. The lowest BCUT2D eigenvalue weighted by atomic mass is 10.1. The molecule has 6 heteroatoms. The van der Waals surface area contributed by atoms with Gasteiger partial charge in [-0.1, -0.05) is 25.1 Å². The number of anilines is 1. The van der Waals surface area contributed by atoms with Crippen molar-refractivity contribution in [3.8, 4) is 11.3 Å². The van der Waals surface area contributed by atoms with Gasteiger partial charge < -0.3 is 5.73 Å². The molecule has 0 bridgehead atoms. The van der Waals surface area contributed by atoms with Gasteiger partial charge in [0, 0.05) is 5.56 Å². The van der Waals surface area contributed by atoms with Crippen LogP contribution in [0.25, 0.3) is 11.3 Å². The summed E-state index contributed by atoms with van der Waals surface area (Å²) >= 11 is 0. The zero-order valence-electron chi connectivity index (χ0n) is 10.2. The minimum absolute atomic E-state index is 0.176. The molecule has 0 aliphatic carbocycles. The third-order valence-corrected chi connectivity index (χ3v) is 2.66. The largest absolute Gasteiger partial charge is 0.433 e. The second kappa shape index (κ2) is 4.87. The van der Waals surface area contributed by atoms with E-state index >= 15 is 0 Å². The number of benzene rings is 1. The van der Waals surface area contributed by atoms with Gasteiger partial charge >= 0.3 is 6.18 Å². The van der Waals surface area contributed by atoms with Crippen molar-refractivity contribution in [2.75, 3.05) is 5.73 Å². The molecule has 0 saturated heterocycles. The second-order valence-electron chi connectivity index (χ2n) is 4.05. The molecule has 19 heavy (non-hydrogen) atoms.